The van der Waals surface area contributed by atoms with E-state index >= 15 is 0 Å². The van der Waals surface area contributed by atoms with Crippen molar-refractivity contribution in [2.75, 3.05) is 7.05 Å². The van der Waals surface area contributed by atoms with E-state index in [9.17, 15) is 0 Å². The maximum atomic E-state index is 3.77. The average molecular weight is 120 g/mol. The molecule has 1 aliphatic carbocycles. The summed E-state index contributed by atoms with van der Waals surface area (Å²) >= 11 is 0. The Morgan fingerprint density at radius 1 is 1.22 bits per heavy atom. The number of hydrogen-bond acceptors (Lipinski definition) is 0. The van der Waals surface area contributed by atoms with Crippen LogP contribution in [-0.4, -0.2) is 12.8 Å². The van der Waals surface area contributed by atoms with Crippen molar-refractivity contribution in [3.8, 4) is 0 Å². The molecule has 1 heteroatoms. The van der Waals surface area contributed by atoms with Crippen LogP contribution < -0.4 is 4.99 Å². The molecule has 1 aliphatic rings. The van der Waals surface area contributed by atoms with Gasteiger partial charge in [0.05, 0.1) is 0 Å². The highest BCUT2D eigenvalue weighted by molar-refractivity contribution is 6.01. The summed E-state index contributed by atoms with van der Waals surface area (Å²) in [5, 5.41) is 0. The second kappa shape index (κ2) is 2.44. The second-order valence-corrected chi connectivity index (χ2v) is 1.95. The molecular formula is C8H10N+. The zero-order chi connectivity index (χ0) is 6.69. The molecule has 0 amide bonds. The fourth-order valence-corrected chi connectivity index (χ4v) is 0.671. The molecule has 0 spiro atoms. The monoisotopic (exact) mass is 120 g/mol. The van der Waals surface area contributed by atoms with Crippen LogP contribution in [0.15, 0.2) is 36.5 Å². The molecule has 0 fully saturated rings. The lowest BCUT2D eigenvalue weighted by Gasteiger charge is -1.93. The van der Waals surface area contributed by atoms with E-state index in [1.165, 1.54) is 0 Å². The highest BCUT2D eigenvalue weighted by Crippen LogP contribution is 2.00. The van der Waals surface area contributed by atoms with E-state index < -0.39 is 0 Å². The Labute approximate surface area is 55.1 Å². The Hall–Kier alpha value is -1.11. The van der Waals surface area contributed by atoms with Crippen molar-refractivity contribution in [1.29, 1.82) is 0 Å². The highest BCUT2D eigenvalue weighted by Gasteiger charge is 1.96. The van der Waals surface area contributed by atoms with Crippen molar-refractivity contribution in [3.63, 3.8) is 0 Å². The second-order valence-electron chi connectivity index (χ2n) is 1.95. The Morgan fingerprint density at radius 3 is 2.22 bits per heavy atom. The zero-order valence-electron chi connectivity index (χ0n) is 5.52. The quantitative estimate of drug-likeness (QED) is 0.456. The van der Waals surface area contributed by atoms with Gasteiger partial charge in [0.1, 0.15) is 7.05 Å². The van der Waals surface area contributed by atoms with Crippen LogP contribution in [0.4, 0.5) is 0 Å². The molecule has 0 atom stereocenters. The van der Waals surface area contributed by atoms with Crippen LogP contribution in [-0.2, 0) is 0 Å². The molecule has 0 heterocycles. The molecule has 1 nitrogen and oxygen atoms in total. The van der Waals surface area contributed by atoms with Gasteiger partial charge in [-0.1, -0.05) is 6.58 Å². The summed E-state index contributed by atoms with van der Waals surface area (Å²) < 4.78 is 0. The van der Waals surface area contributed by atoms with Crippen molar-refractivity contribution < 1.29 is 4.99 Å². The first-order valence-electron chi connectivity index (χ1n) is 2.92. The summed E-state index contributed by atoms with van der Waals surface area (Å²) in [7, 11) is 1.90. The van der Waals surface area contributed by atoms with Gasteiger partial charge in [-0.15, -0.1) is 0 Å². The van der Waals surface area contributed by atoms with Crippen LogP contribution >= 0.6 is 0 Å². The molecule has 0 saturated heterocycles. The van der Waals surface area contributed by atoms with E-state index in [0.29, 0.717) is 0 Å². The molecule has 0 saturated carbocycles. The molecule has 0 bridgehead atoms. The minimum Gasteiger partial charge on any atom is -0.245 e. The third-order valence-corrected chi connectivity index (χ3v) is 1.24. The Bertz CT molecular complexity index is 189. The normalized spacial score (nSPS) is 16.6. The molecule has 1 rings (SSSR count). The first-order valence-corrected chi connectivity index (χ1v) is 2.92. The number of allylic oxidation sites excluding steroid dienone is 5. The predicted molar refractivity (Wildman–Crippen MR) is 39.3 cm³/mol. The largest absolute Gasteiger partial charge is 0.245 e. The van der Waals surface area contributed by atoms with Crippen molar-refractivity contribution in [1.82, 2.24) is 0 Å². The van der Waals surface area contributed by atoms with Crippen LogP contribution in [0.1, 0.15) is 0 Å². The van der Waals surface area contributed by atoms with Gasteiger partial charge in [-0.3, -0.25) is 0 Å². The lowest BCUT2D eigenvalue weighted by atomic mass is 10.1. The van der Waals surface area contributed by atoms with Gasteiger partial charge in [0, 0.05) is 12.2 Å². The third kappa shape index (κ3) is 1.39. The fourth-order valence-electron chi connectivity index (χ4n) is 0.671. The molecule has 1 N–H and O–H groups in total. The van der Waals surface area contributed by atoms with Gasteiger partial charge in [0.2, 0.25) is 0 Å². The zero-order valence-corrected chi connectivity index (χ0v) is 5.52. The molecule has 0 aromatic heterocycles. The summed E-state index contributed by atoms with van der Waals surface area (Å²) in [4.78, 5) is 3.03. The molecule has 0 radical (unpaired) electrons. The molecular weight excluding hydrogens is 110 g/mol. The number of nitrogens with one attached hydrogen (secondary N) is 1. The van der Waals surface area contributed by atoms with E-state index in [0.717, 1.165) is 11.3 Å². The molecule has 0 aromatic rings. The first kappa shape index (κ1) is 6.02. The van der Waals surface area contributed by atoms with Crippen LogP contribution in [0, 0.1) is 0 Å². The summed E-state index contributed by atoms with van der Waals surface area (Å²) in [6.45, 7) is 3.77. The van der Waals surface area contributed by atoms with Crippen LogP contribution in [0.25, 0.3) is 0 Å². The molecule has 0 aliphatic heterocycles. The Kier molecular flexibility index (Phi) is 1.63. The minimum atomic E-state index is 1.05. The molecule has 0 unspecified atom stereocenters. The van der Waals surface area contributed by atoms with Crippen LogP contribution in [0.5, 0.6) is 0 Å². The molecule has 0 aromatic carbocycles. The van der Waals surface area contributed by atoms with Gasteiger partial charge < -0.3 is 0 Å². The molecule has 9 heavy (non-hydrogen) atoms. The van der Waals surface area contributed by atoms with Gasteiger partial charge in [-0.2, -0.15) is 0 Å². The van der Waals surface area contributed by atoms with E-state index in [4.69, 9.17) is 0 Å². The van der Waals surface area contributed by atoms with E-state index in [-0.39, 0.29) is 0 Å². The maximum Gasteiger partial charge on any atom is 0.198 e. The summed E-state index contributed by atoms with van der Waals surface area (Å²) in [6, 6.07) is 0. The van der Waals surface area contributed by atoms with E-state index in [2.05, 4.69) is 11.6 Å². The summed E-state index contributed by atoms with van der Waals surface area (Å²) in [6.07, 6.45) is 7.96. The standard InChI is InChI=1S/C8H9N/c1-7-3-5-8(9-2)6-4-7/h3-6H,1H2,2H3/p+1. The topological polar surface area (TPSA) is 14.0 Å². The predicted octanol–water partition coefficient (Wildman–Crippen LogP) is -0.180. The number of hydrogen-bond donors (Lipinski definition) is 1. The highest BCUT2D eigenvalue weighted by atomic mass is 14.7. The minimum absolute atomic E-state index is 1.05. The average Bonchev–Trinajstić information content (AvgIpc) is 1.90. The van der Waals surface area contributed by atoms with Crippen molar-refractivity contribution in [2.45, 2.75) is 0 Å². The van der Waals surface area contributed by atoms with Gasteiger partial charge >= 0.3 is 0 Å². The molecule has 46 valence electrons. The Balaban J connectivity index is 2.82. The van der Waals surface area contributed by atoms with Crippen LogP contribution in [0.3, 0.4) is 0 Å². The van der Waals surface area contributed by atoms with Crippen molar-refractivity contribution >= 4 is 5.71 Å². The summed E-state index contributed by atoms with van der Waals surface area (Å²) in [5.41, 5.74) is 2.18. The van der Waals surface area contributed by atoms with Gasteiger partial charge in [-0.05, 0) is 17.7 Å². The van der Waals surface area contributed by atoms with Crippen LogP contribution in [0.2, 0.25) is 0 Å². The van der Waals surface area contributed by atoms with Crippen molar-refractivity contribution in [3.05, 3.63) is 36.5 Å². The first-order chi connectivity index (χ1) is 4.33. The lowest BCUT2D eigenvalue weighted by Crippen LogP contribution is -2.67. The Morgan fingerprint density at radius 2 is 1.78 bits per heavy atom. The number of rotatable bonds is 0. The third-order valence-electron chi connectivity index (χ3n) is 1.24. The van der Waals surface area contributed by atoms with Gasteiger partial charge in [0.15, 0.2) is 5.71 Å². The summed E-state index contributed by atoms with van der Waals surface area (Å²) in [5.74, 6) is 0. The fraction of sp³-hybridized carbons (Fsp3) is 0.125. The van der Waals surface area contributed by atoms with Gasteiger partial charge in [-0.25, -0.2) is 4.99 Å². The smallest absolute Gasteiger partial charge is 0.198 e. The van der Waals surface area contributed by atoms with E-state index in [1.807, 2.05) is 31.4 Å². The van der Waals surface area contributed by atoms with E-state index in [1.54, 1.807) is 0 Å². The van der Waals surface area contributed by atoms with Gasteiger partial charge in [0.25, 0.3) is 0 Å². The lowest BCUT2D eigenvalue weighted by molar-refractivity contribution is -0.417. The SMILES string of the molecule is C=C1C=CC(=[NH+]C)C=C1. The maximum absolute atomic E-state index is 3.77. The van der Waals surface area contributed by atoms with Crippen molar-refractivity contribution in [2.24, 2.45) is 0 Å².